The molecule has 5 rings (SSSR count). The Labute approximate surface area is 193 Å². The van der Waals surface area contributed by atoms with Crippen LogP contribution >= 0.6 is 0 Å². The Hall–Kier alpha value is -2.25. The van der Waals surface area contributed by atoms with Crippen molar-refractivity contribution in [2.45, 2.75) is 83.1 Å². The van der Waals surface area contributed by atoms with Gasteiger partial charge in [0.05, 0.1) is 12.9 Å². The molecular weight excluding hydrogens is 442 g/mol. The molecule has 0 saturated carbocycles. The second-order valence-electron chi connectivity index (χ2n) is 10.6. The average Bonchev–Trinajstić information content (AvgIpc) is 3.48. The van der Waals surface area contributed by atoms with Crippen molar-refractivity contribution in [2.24, 2.45) is 0 Å². The first-order chi connectivity index (χ1) is 15.5. The summed E-state index contributed by atoms with van der Waals surface area (Å²) in [7, 11) is -1.95. The Bertz CT molecular complexity index is 1140. The largest absolute Gasteiger partial charge is 0.414 e. The summed E-state index contributed by atoms with van der Waals surface area (Å²) in [6.45, 7) is 15.4. The van der Waals surface area contributed by atoms with Gasteiger partial charge in [-0.2, -0.15) is 0 Å². The number of ether oxygens (including phenoxy) is 3. The van der Waals surface area contributed by atoms with Crippen molar-refractivity contribution in [3.8, 4) is 5.82 Å². The Balaban J connectivity index is 1.46. The van der Waals surface area contributed by atoms with Gasteiger partial charge >= 0.3 is 0 Å². The van der Waals surface area contributed by atoms with E-state index in [-0.39, 0.29) is 23.4 Å². The average molecular weight is 474 g/mol. The van der Waals surface area contributed by atoms with E-state index in [1.807, 2.05) is 18.4 Å². The van der Waals surface area contributed by atoms with Crippen molar-refractivity contribution >= 4 is 19.5 Å². The molecule has 2 aliphatic rings. The number of aromatic nitrogens is 7. The molecule has 2 fully saturated rings. The molecule has 2 saturated heterocycles. The lowest BCUT2D eigenvalue weighted by Gasteiger charge is -2.37. The minimum atomic E-state index is -1.95. The molecule has 12 heteroatoms. The molecule has 11 nitrogen and oxygen atoms in total. The number of nitrogens with zero attached hydrogens (tertiary/aromatic N) is 7. The van der Waals surface area contributed by atoms with E-state index in [2.05, 4.69) is 59.0 Å². The van der Waals surface area contributed by atoms with E-state index >= 15 is 0 Å². The van der Waals surface area contributed by atoms with E-state index in [0.717, 1.165) is 0 Å². The van der Waals surface area contributed by atoms with Gasteiger partial charge in [-0.15, -0.1) is 10.2 Å². The summed E-state index contributed by atoms with van der Waals surface area (Å²) in [5.41, 5.74) is 1.26. The smallest absolute Gasteiger partial charge is 0.192 e. The predicted molar refractivity (Wildman–Crippen MR) is 121 cm³/mol. The number of fused-ring (bicyclic) bond motifs is 2. The normalized spacial score (nSPS) is 27.4. The van der Waals surface area contributed by atoms with E-state index in [4.69, 9.17) is 18.6 Å². The molecule has 0 spiro atoms. The van der Waals surface area contributed by atoms with Crippen molar-refractivity contribution in [3.63, 3.8) is 0 Å². The molecule has 0 N–H and O–H groups in total. The maximum Gasteiger partial charge on any atom is 0.192 e. The van der Waals surface area contributed by atoms with Gasteiger partial charge < -0.3 is 18.6 Å². The molecule has 2 aliphatic heterocycles. The first kappa shape index (κ1) is 22.5. The summed E-state index contributed by atoms with van der Waals surface area (Å²) >= 11 is 0. The van der Waals surface area contributed by atoms with Crippen LogP contribution in [-0.4, -0.2) is 73.3 Å². The van der Waals surface area contributed by atoms with Gasteiger partial charge in [0.25, 0.3) is 0 Å². The summed E-state index contributed by atoms with van der Waals surface area (Å²) in [5.74, 6) is -0.119. The lowest BCUT2D eigenvalue weighted by molar-refractivity contribution is -0.199. The van der Waals surface area contributed by atoms with Crippen LogP contribution in [0, 0.1) is 0 Å². The van der Waals surface area contributed by atoms with Crippen LogP contribution in [0.2, 0.25) is 18.1 Å². The van der Waals surface area contributed by atoms with E-state index in [1.165, 1.54) is 6.33 Å². The summed E-state index contributed by atoms with van der Waals surface area (Å²) in [5, 5.41) is 7.83. The van der Waals surface area contributed by atoms with E-state index in [9.17, 15) is 0 Å². The minimum absolute atomic E-state index is 0.104. The fraction of sp³-hybridized carbons (Fsp3) is 0.667. The highest BCUT2D eigenvalue weighted by atomic mass is 28.4. The number of rotatable bonds is 5. The number of hydrogen-bond acceptors (Lipinski definition) is 9. The van der Waals surface area contributed by atoms with Crippen LogP contribution in [0.25, 0.3) is 17.0 Å². The van der Waals surface area contributed by atoms with Gasteiger partial charge in [0.15, 0.2) is 37.3 Å². The molecule has 0 radical (unpaired) electrons. The van der Waals surface area contributed by atoms with Crippen molar-refractivity contribution in [1.82, 2.24) is 34.3 Å². The van der Waals surface area contributed by atoms with Gasteiger partial charge in [-0.05, 0) is 32.0 Å². The van der Waals surface area contributed by atoms with Gasteiger partial charge in [-0.25, -0.2) is 15.0 Å². The molecule has 0 amide bonds. The molecule has 0 aliphatic carbocycles. The number of imidazole rings is 1. The second kappa shape index (κ2) is 7.63. The lowest BCUT2D eigenvalue weighted by atomic mass is 10.1. The fourth-order valence-electron chi connectivity index (χ4n) is 4.05. The van der Waals surface area contributed by atoms with Crippen LogP contribution in [0.1, 0.15) is 40.8 Å². The van der Waals surface area contributed by atoms with Crippen molar-refractivity contribution < 1.29 is 18.6 Å². The molecule has 0 aromatic carbocycles. The summed E-state index contributed by atoms with van der Waals surface area (Å²) in [4.78, 5) is 13.4. The SMILES string of the molecule is CC1(C)OC2[C@@H](CO[Si](C)(C)C(C)(C)C)O[C@@H](n3cnc4c(-n5cnnc5)ncnc43)[C@H]2O1. The maximum absolute atomic E-state index is 6.49. The Morgan fingerprint density at radius 3 is 2.42 bits per heavy atom. The van der Waals surface area contributed by atoms with Crippen LogP contribution in [0.15, 0.2) is 25.3 Å². The summed E-state index contributed by atoms with van der Waals surface area (Å²) in [6, 6.07) is 0. The molecule has 0 bridgehead atoms. The highest BCUT2D eigenvalue weighted by molar-refractivity contribution is 6.74. The monoisotopic (exact) mass is 473 g/mol. The molecular formula is C21H31N7O4Si. The summed E-state index contributed by atoms with van der Waals surface area (Å²) < 4.78 is 29.1. The highest BCUT2D eigenvalue weighted by Gasteiger charge is 2.56. The van der Waals surface area contributed by atoms with E-state index < -0.39 is 20.3 Å². The lowest BCUT2D eigenvalue weighted by Crippen LogP contribution is -2.44. The van der Waals surface area contributed by atoms with Crippen LogP contribution in [0.3, 0.4) is 0 Å². The third-order valence-corrected chi connectivity index (χ3v) is 11.3. The highest BCUT2D eigenvalue weighted by Crippen LogP contribution is 2.45. The first-order valence-electron chi connectivity index (χ1n) is 11.1. The molecule has 33 heavy (non-hydrogen) atoms. The van der Waals surface area contributed by atoms with Crippen LogP contribution in [0.4, 0.5) is 0 Å². The van der Waals surface area contributed by atoms with Crippen LogP contribution in [-0.2, 0) is 18.6 Å². The van der Waals surface area contributed by atoms with Gasteiger partial charge in [-0.3, -0.25) is 9.13 Å². The first-order valence-corrected chi connectivity index (χ1v) is 14.1. The zero-order chi connectivity index (χ0) is 23.6. The Kier molecular flexibility index (Phi) is 5.21. The third kappa shape index (κ3) is 3.89. The van der Waals surface area contributed by atoms with Gasteiger partial charge in [0, 0.05) is 0 Å². The van der Waals surface area contributed by atoms with Gasteiger partial charge in [0.1, 0.15) is 37.3 Å². The molecule has 178 valence electrons. The predicted octanol–water partition coefficient (Wildman–Crippen LogP) is 2.85. The maximum atomic E-state index is 6.49. The van der Waals surface area contributed by atoms with Gasteiger partial charge in [0.2, 0.25) is 0 Å². The number of hydrogen-bond donors (Lipinski definition) is 0. The molecule has 3 aromatic heterocycles. The standard InChI is InChI=1S/C21H31N7O4Si/c1-20(2,3)33(6,7)29-8-13-15-16(32-21(4,5)31-15)19(30-13)28-10-24-14-17(22-9-23-18(14)28)27-11-25-26-12-27/h9-13,15-16,19H,8H2,1-7H3/t13-,15?,16+,19-/m1/s1. The van der Waals surface area contributed by atoms with Crippen molar-refractivity contribution in [1.29, 1.82) is 0 Å². The zero-order valence-corrected chi connectivity index (χ0v) is 21.1. The van der Waals surface area contributed by atoms with Crippen LogP contribution in [0.5, 0.6) is 0 Å². The van der Waals surface area contributed by atoms with Crippen LogP contribution < -0.4 is 0 Å². The Morgan fingerprint density at radius 2 is 1.73 bits per heavy atom. The molecule has 4 atom stereocenters. The van der Waals surface area contributed by atoms with Crippen molar-refractivity contribution in [3.05, 3.63) is 25.3 Å². The molecule has 3 aromatic rings. The topological polar surface area (TPSA) is 111 Å². The molecule has 1 unspecified atom stereocenters. The molecule has 5 heterocycles. The fourth-order valence-corrected chi connectivity index (χ4v) is 5.06. The quantitative estimate of drug-likeness (QED) is 0.516. The second-order valence-corrected chi connectivity index (χ2v) is 15.4. The summed E-state index contributed by atoms with van der Waals surface area (Å²) in [6.07, 6.45) is 5.05. The van der Waals surface area contributed by atoms with E-state index in [0.29, 0.717) is 23.6 Å². The van der Waals surface area contributed by atoms with Gasteiger partial charge in [-0.1, -0.05) is 20.8 Å². The Morgan fingerprint density at radius 1 is 1.03 bits per heavy atom. The third-order valence-electron chi connectivity index (χ3n) is 6.82. The van der Waals surface area contributed by atoms with Crippen molar-refractivity contribution in [2.75, 3.05) is 6.61 Å². The zero-order valence-electron chi connectivity index (χ0n) is 20.1. The van der Waals surface area contributed by atoms with E-state index in [1.54, 1.807) is 23.5 Å². The minimum Gasteiger partial charge on any atom is -0.414 e.